The van der Waals surface area contributed by atoms with Crippen LogP contribution in [0.25, 0.3) is 17.0 Å². The number of nitrogens with one attached hydrogen (secondary N) is 1. The van der Waals surface area contributed by atoms with Crippen molar-refractivity contribution in [1.82, 2.24) is 20.4 Å². The zero-order valence-electron chi connectivity index (χ0n) is 20.0. The van der Waals surface area contributed by atoms with Crippen molar-refractivity contribution in [2.24, 2.45) is 0 Å². The van der Waals surface area contributed by atoms with Gasteiger partial charge >= 0.3 is 6.03 Å². The van der Waals surface area contributed by atoms with Crippen molar-refractivity contribution in [3.63, 3.8) is 0 Å². The van der Waals surface area contributed by atoms with Gasteiger partial charge in [0, 0.05) is 17.8 Å². The Balaban J connectivity index is 1.82. The fourth-order valence-electron chi connectivity index (χ4n) is 4.03. The molecule has 3 aromatic rings. The molecule has 0 saturated heterocycles. The number of carbonyl (C=O) groups is 1. The van der Waals surface area contributed by atoms with Crippen LogP contribution >= 0.6 is 0 Å². The Labute approximate surface area is 198 Å². The molecule has 1 N–H and O–H groups in total. The van der Waals surface area contributed by atoms with Crippen molar-refractivity contribution in [2.45, 2.75) is 26.8 Å². The van der Waals surface area contributed by atoms with Gasteiger partial charge in [-0.2, -0.15) is 4.98 Å². The molecule has 8 heteroatoms. The monoisotopic (exact) mass is 460 g/mol. The van der Waals surface area contributed by atoms with E-state index in [9.17, 15) is 4.79 Å². The molecule has 0 radical (unpaired) electrons. The number of amides is 2. The zero-order valence-corrected chi connectivity index (χ0v) is 20.0. The topological polar surface area (TPSA) is 89.7 Å². The summed E-state index contributed by atoms with van der Waals surface area (Å²) in [4.78, 5) is 19.2. The van der Waals surface area contributed by atoms with Gasteiger partial charge in [0.1, 0.15) is 0 Å². The third kappa shape index (κ3) is 4.14. The summed E-state index contributed by atoms with van der Waals surface area (Å²) in [5.41, 5.74) is 5.44. The van der Waals surface area contributed by atoms with Crippen LogP contribution in [0.1, 0.15) is 35.5 Å². The molecule has 34 heavy (non-hydrogen) atoms. The Kier molecular flexibility index (Phi) is 6.40. The highest BCUT2D eigenvalue weighted by Gasteiger charge is 2.35. The van der Waals surface area contributed by atoms with E-state index < -0.39 is 6.04 Å². The molecule has 4 rings (SSSR count). The van der Waals surface area contributed by atoms with Gasteiger partial charge in [0.25, 0.3) is 5.89 Å². The van der Waals surface area contributed by atoms with Gasteiger partial charge in [0.05, 0.1) is 25.8 Å². The van der Waals surface area contributed by atoms with Gasteiger partial charge in [0.2, 0.25) is 5.82 Å². The molecule has 0 fully saturated rings. The molecule has 2 aromatic carbocycles. The lowest BCUT2D eigenvalue weighted by atomic mass is 9.92. The van der Waals surface area contributed by atoms with E-state index in [0.717, 1.165) is 28.0 Å². The molecule has 1 aromatic heterocycles. The minimum Gasteiger partial charge on any atom is -0.493 e. The van der Waals surface area contributed by atoms with Gasteiger partial charge in [0.15, 0.2) is 11.5 Å². The SMILES string of the molecule is C=CCN1C(=O)NC(c2ccc(C)c(C)c2)C(c2nc(-c3ccc(OC)c(OC)c3)no2)=C1C. The fraction of sp³-hybridized carbons (Fsp3) is 0.269. The number of allylic oxidation sites excluding steroid dienone is 1. The van der Waals surface area contributed by atoms with E-state index in [4.69, 9.17) is 14.0 Å². The second-order valence-electron chi connectivity index (χ2n) is 8.12. The first-order chi connectivity index (χ1) is 16.4. The summed E-state index contributed by atoms with van der Waals surface area (Å²) in [6.07, 6.45) is 1.68. The summed E-state index contributed by atoms with van der Waals surface area (Å²) in [5.74, 6) is 1.91. The molecule has 2 amide bonds. The van der Waals surface area contributed by atoms with Crippen molar-refractivity contribution in [2.75, 3.05) is 20.8 Å². The average molecular weight is 461 g/mol. The highest BCUT2D eigenvalue weighted by atomic mass is 16.5. The van der Waals surface area contributed by atoms with Crippen molar-refractivity contribution < 1.29 is 18.8 Å². The predicted molar refractivity (Wildman–Crippen MR) is 130 cm³/mol. The van der Waals surface area contributed by atoms with Gasteiger partial charge < -0.3 is 19.3 Å². The van der Waals surface area contributed by atoms with Gasteiger partial charge in [-0.25, -0.2) is 4.79 Å². The molecule has 0 spiro atoms. The number of benzene rings is 2. The second-order valence-corrected chi connectivity index (χ2v) is 8.12. The number of rotatable bonds is 7. The summed E-state index contributed by atoms with van der Waals surface area (Å²) in [6, 6.07) is 10.9. The first-order valence-electron chi connectivity index (χ1n) is 10.9. The molecule has 1 unspecified atom stereocenters. The Morgan fingerprint density at radius 3 is 2.53 bits per heavy atom. The molecule has 176 valence electrons. The van der Waals surface area contributed by atoms with Crippen LogP contribution in [0.4, 0.5) is 4.79 Å². The molecule has 2 heterocycles. The van der Waals surface area contributed by atoms with E-state index in [1.807, 2.05) is 32.0 Å². The maximum atomic E-state index is 12.9. The lowest BCUT2D eigenvalue weighted by molar-refractivity contribution is 0.209. The third-order valence-corrected chi connectivity index (χ3v) is 6.07. The molecule has 1 aliphatic heterocycles. The minimum atomic E-state index is -0.438. The van der Waals surface area contributed by atoms with Crippen LogP contribution in [0.5, 0.6) is 11.5 Å². The number of aryl methyl sites for hydroxylation is 2. The lowest BCUT2D eigenvalue weighted by Crippen LogP contribution is -2.46. The Morgan fingerprint density at radius 2 is 1.85 bits per heavy atom. The van der Waals surface area contributed by atoms with E-state index in [-0.39, 0.29) is 6.03 Å². The van der Waals surface area contributed by atoms with Crippen LogP contribution in [0.3, 0.4) is 0 Å². The number of nitrogens with zero attached hydrogens (tertiary/aromatic N) is 3. The Bertz CT molecular complexity index is 1280. The lowest BCUT2D eigenvalue weighted by Gasteiger charge is -2.34. The van der Waals surface area contributed by atoms with Crippen LogP contribution in [0.2, 0.25) is 0 Å². The number of methoxy groups -OCH3 is 2. The maximum Gasteiger partial charge on any atom is 0.322 e. The second kappa shape index (κ2) is 9.43. The average Bonchev–Trinajstić information content (AvgIpc) is 3.32. The van der Waals surface area contributed by atoms with Crippen molar-refractivity contribution in [1.29, 1.82) is 0 Å². The zero-order chi connectivity index (χ0) is 24.4. The van der Waals surface area contributed by atoms with E-state index in [2.05, 4.69) is 35.0 Å². The third-order valence-electron chi connectivity index (χ3n) is 6.07. The number of aromatic nitrogens is 2. The Morgan fingerprint density at radius 1 is 1.09 bits per heavy atom. The fourth-order valence-corrected chi connectivity index (χ4v) is 4.03. The highest BCUT2D eigenvalue weighted by molar-refractivity contribution is 5.87. The van der Waals surface area contributed by atoms with E-state index >= 15 is 0 Å². The summed E-state index contributed by atoms with van der Waals surface area (Å²) in [6.45, 7) is 10.1. The highest BCUT2D eigenvalue weighted by Crippen LogP contribution is 2.38. The Hall–Kier alpha value is -4.07. The van der Waals surface area contributed by atoms with Crippen LogP contribution in [0.15, 0.2) is 59.3 Å². The van der Waals surface area contributed by atoms with Crippen LogP contribution < -0.4 is 14.8 Å². The van der Waals surface area contributed by atoms with E-state index in [1.165, 1.54) is 5.56 Å². The molecule has 8 nitrogen and oxygen atoms in total. The summed E-state index contributed by atoms with van der Waals surface area (Å²) >= 11 is 0. The van der Waals surface area contributed by atoms with Gasteiger partial charge in [-0.3, -0.25) is 4.90 Å². The normalized spacial score (nSPS) is 15.9. The molecular weight excluding hydrogens is 432 g/mol. The van der Waals surface area contributed by atoms with Crippen molar-refractivity contribution >= 4 is 11.6 Å². The van der Waals surface area contributed by atoms with Crippen LogP contribution in [0, 0.1) is 13.8 Å². The molecule has 1 atom stereocenters. The number of ether oxygens (including phenoxy) is 2. The van der Waals surface area contributed by atoms with Gasteiger partial charge in [-0.05, 0) is 55.7 Å². The first kappa shape index (κ1) is 23.1. The molecular formula is C26H28N4O4. The van der Waals surface area contributed by atoms with Gasteiger partial charge in [-0.15, -0.1) is 6.58 Å². The minimum absolute atomic E-state index is 0.205. The quantitative estimate of drug-likeness (QED) is 0.496. The first-order valence-corrected chi connectivity index (χ1v) is 10.9. The largest absolute Gasteiger partial charge is 0.493 e. The molecule has 0 aliphatic carbocycles. The number of hydrogen-bond acceptors (Lipinski definition) is 6. The standard InChI is InChI=1S/C26H28N4O4/c1-7-12-30-17(4)22(23(27-26(30)31)18-9-8-15(2)16(3)13-18)25-28-24(29-34-25)19-10-11-20(32-5)21(14-19)33-6/h7-11,13-14,23H,1,12H2,2-6H3,(H,27,31). The molecule has 1 aliphatic rings. The maximum absolute atomic E-state index is 12.9. The van der Waals surface area contributed by atoms with E-state index in [0.29, 0.717) is 29.8 Å². The number of hydrogen-bond donors (Lipinski definition) is 1. The van der Waals surface area contributed by atoms with E-state index in [1.54, 1.807) is 37.3 Å². The summed E-state index contributed by atoms with van der Waals surface area (Å²) in [7, 11) is 3.16. The summed E-state index contributed by atoms with van der Waals surface area (Å²) < 4.78 is 16.5. The molecule has 0 saturated carbocycles. The summed E-state index contributed by atoms with van der Waals surface area (Å²) in [5, 5.41) is 7.30. The molecule has 0 bridgehead atoms. The number of urea groups is 1. The van der Waals surface area contributed by atoms with Crippen LogP contribution in [-0.4, -0.2) is 41.8 Å². The van der Waals surface area contributed by atoms with Crippen molar-refractivity contribution in [3.05, 3.63) is 77.3 Å². The smallest absolute Gasteiger partial charge is 0.322 e. The van der Waals surface area contributed by atoms with Crippen molar-refractivity contribution in [3.8, 4) is 22.9 Å². The van der Waals surface area contributed by atoms with Crippen LogP contribution in [-0.2, 0) is 0 Å². The van der Waals surface area contributed by atoms with Gasteiger partial charge in [-0.1, -0.05) is 29.4 Å². The number of carbonyl (C=O) groups excluding carboxylic acids is 1. The predicted octanol–water partition coefficient (Wildman–Crippen LogP) is 5.05.